The first-order valence-electron chi connectivity index (χ1n) is 4.73. The van der Waals surface area contributed by atoms with E-state index in [1.54, 1.807) is 0 Å². The van der Waals surface area contributed by atoms with Crippen molar-refractivity contribution in [1.29, 1.82) is 0 Å². The average Bonchev–Trinajstić information content (AvgIpc) is 2.17. The van der Waals surface area contributed by atoms with Crippen LogP contribution in [-0.2, 0) is 6.54 Å². The van der Waals surface area contributed by atoms with E-state index in [1.165, 1.54) is 5.56 Å². The molecule has 0 fully saturated rings. The molecule has 0 atom stereocenters. The Balaban J connectivity index is 2.48. The summed E-state index contributed by atoms with van der Waals surface area (Å²) in [6.45, 7) is 3.81. The Bertz CT molecular complexity index is 230. The van der Waals surface area contributed by atoms with Gasteiger partial charge < -0.3 is 10.1 Å². The molecule has 1 rings (SSSR count). The summed E-state index contributed by atoms with van der Waals surface area (Å²) in [4.78, 5) is 0. The Hall–Kier alpha value is -1.02. The second-order valence-corrected chi connectivity index (χ2v) is 3.02. The van der Waals surface area contributed by atoms with Crippen molar-refractivity contribution in [1.82, 2.24) is 5.32 Å². The summed E-state index contributed by atoms with van der Waals surface area (Å²) in [6.07, 6.45) is 1.05. The zero-order chi connectivity index (χ0) is 9.52. The molecule has 2 heteroatoms. The van der Waals surface area contributed by atoms with Gasteiger partial charge in [0.25, 0.3) is 0 Å². The van der Waals surface area contributed by atoms with Gasteiger partial charge in [0, 0.05) is 6.54 Å². The van der Waals surface area contributed by atoms with Crippen molar-refractivity contribution in [2.45, 2.75) is 19.9 Å². The van der Waals surface area contributed by atoms with Crippen molar-refractivity contribution in [3.05, 3.63) is 29.8 Å². The highest BCUT2D eigenvalue weighted by Crippen LogP contribution is 2.11. The number of hydrogen-bond donors (Lipinski definition) is 1. The molecular formula is C11H17NO. The quantitative estimate of drug-likeness (QED) is 0.748. The van der Waals surface area contributed by atoms with Gasteiger partial charge in [-0.15, -0.1) is 0 Å². The fourth-order valence-electron chi connectivity index (χ4n) is 1.13. The summed E-state index contributed by atoms with van der Waals surface area (Å²) in [7, 11) is 1.95. The van der Waals surface area contributed by atoms with Crippen molar-refractivity contribution in [2.75, 3.05) is 13.7 Å². The Morgan fingerprint density at radius 2 is 1.92 bits per heavy atom. The molecule has 0 amide bonds. The highest BCUT2D eigenvalue weighted by atomic mass is 16.5. The lowest BCUT2D eigenvalue weighted by molar-refractivity contribution is 0.317. The summed E-state index contributed by atoms with van der Waals surface area (Å²) < 4.78 is 5.47. The molecule has 0 aromatic heterocycles. The average molecular weight is 179 g/mol. The third-order valence-corrected chi connectivity index (χ3v) is 1.78. The maximum Gasteiger partial charge on any atom is 0.119 e. The minimum absolute atomic E-state index is 0.797. The third kappa shape index (κ3) is 3.47. The molecule has 0 saturated carbocycles. The van der Waals surface area contributed by atoms with Crippen molar-refractivity contribution >= 4 is 0 Å². The van der Waals surface area contributed by atoms with Gasteiger partial charge in [0.15, 0.2) is 0 Å². The maximum atomic E-state index is 5.47. The van der Waals surface area contributed by atoms with E-state index in [2.05, 4.69) is 24.4 Å². The fraction of sp³-hybridized carbons (Fsp3) is 0.455. The molecule has 1 aromatic rings. The molecule has 13 heavy (non-hydrogen) atoms. The predicted octanol–water partition coefficient (Wildman–Crippen LogP) is 2.19. The summed E-state index contributed by atoms with van der Waals surface area (Å²) >= 11 is 0. The molecule has 0 saturated heterocycles. The van der Waals surface area contributed by atoms with Crippen molar-refractivity contribution in [2.24, 2.45) is 0 Å². The summed E-state index contributed by atoms with van der Waals surface area (Å²) in [5.41, 5.74) is 1.28. The predicted molar refractivity (Wildman–Crippen MR) is 55.0 cm³/mol. The molecule has 0 aliphatic carbocycles. The van der Waals surface area contributed by atoms with Crippen LogP contribution in [0.25, 0.3) is 0 Å². The van der Waals surface area contributed by atoms with Gasteiger partial charge in [-0.2, -0.15) is 0 Å². The Kier molecular flexibility index (Phi) is 4.33. The fourth-order valence-corrected chi connectivity index (χ4v) is 1.13. The molecule has 0 spiro atoms. The number of ether oxygens (including phenoxy) is 1. The van der Waals surface area contributed by atoms with E-state index in [0.717, 1.165) is 25.3 Å². The molecule has 1 aromatic carbocycles. The highest BCUT2D eigenvalue weighted by molar-refractivity contribution is 5.27. The minimum Gasteiger partial charge on any atom is -0.494 e. The number of hydrogen-bond acceptors (Lipinski definition) is 2. The van der Waals surface area contributed by atoms with E-state index in [-0.39, 0.29) is 0 Å². The molecule has 0 unspecified atom stereocenters. The summed E-state index contributed by atoms with van der Waals surface area (Å²) in [5.74, 6) is 0.960. The first kappa shape index (κ1) is 10.1. The van der Waals surface area contributed by atoms with Crippen LogP contribution in [0.2, 0.25) is 0 Å². The standard InChI is InChI=1S/C11H17NO/c1-3-8-13-11-6-4-10(5-7-11)9-12-2/h4-7,12H,3,8-9H2,1-2H3. The molecule has 0 bridgehead atoms. The summed E-state index contributed by atoms with van der Waals surface area (Å²) in [5, 5.41) is 3.11. The highest BCUT2D eigenvalue weighted by Gasteiger charge is 1.93. The van der Waals surface area contributed by atoms with Crippen LogP contribution < -0.4 is 10.1 Å². The van der Waals surface area contributed by atoms with Gasteiger partial charge in [-0.3, -0.25) is 0 Å². The van der Waals surface area contributed by atoms with E-state index in [4.69, 9.17) is 4.74 Å². The first-order chi connectivity index (χ1) is 6.36. The number of rotatable bonds is 5. The van der Waals surface area contributed by atoms with Gasteiger partial charge in [0.05, 0.1) is 6.61 Å². The first-order valence-corrected chi connectivity index (χ1v) is 4.73. The molecule has 0 heterocycles. The van der Waals surface area contributed by atoms with E-state index in [1.807, 2.05) is 19.2 Å². The lowest BCUT2D eigenvalue weighted by Crippen LogP contribution is -2.04. The van der Waals surface area contributed by atoms with Crippen LogP contribution in [0.3, 0.4) is 0 Å². The topological polar surface area (TPSA) is 21.3 Å². The second-order valence-electron chi connectivity index (χ2n) is 3.02. The van der Waals surface area contributed by atoms with Crippen LogP contribution in [0, 0.1) is 0 Å². The molecule has 0 aliphatic heterocycles. The monoisotopic (exact) mass is 179 g/mol. The van der Waals surface area contributed by atoms with Gasteiger partial charge in [-0.05, 0) is 31.2 Å². The lowest BCUT2D eigenvalue weighted by atomic mass is 10.2. The SMILES string of the molecule is CCCOc1ccc(CNC)cc1. The van der Waals surface area contributed by atoms with Gasteiger partial charge in [0.2, 0.25) is 0 Å². The molecule has 72 valence electrons. The van der Waals surface area contributed by atoms with E-state index in [0.29, 0.717) is 0 Å². The second kappa shape index (κ2) is 5.60. The zero-order valence-corrected chi connectivity index (χ0v) is 8.34. The van der Waals surface area contributed by atoms with Crippen LogP contribution in [0.15, 0.2) is 24.3 Å². The Morgan fingerprint density at radius 3 is 2.46 bits per heavy atom. The van der Waals surface area contributed by atoms with Crippen LogP contribution >= 0.6 is 0 Å². The van der Waals surface area contributed by atoms with E-state index >= 15 is 0 Å². The van der Waals surface area contributed by atoms with Gasteiger partial charge >= 0.3 is 0 Å². The Labute approximate surface area is 79.9 Å². The van der Waals surface area contributed by atoms with Crippen molar-refractivity contribution < 1.29 is 4.74 Å². The van der Waals surface area contributed by atoms with Gasteiger partial charge in [-0.25, -0.2) is 0 Å². The van der Waals surface area contributed by atoms with E-state index < -0.39 is 0 Å². The largest absolute Gasteiger partial charge is 0.494 e. The van der Waals surface area contributed by atoms with Gasteiger partial charge in [-0.1, -0.05) is 19.1 Å². The summed E-state index contributed by atoms with van der Waals surface area (Å²) in [6, 6.07) is 8.20. The smallest absolute Gasteiger partial charge is 0.119 e. The zero-order valence-electron chi connectivity index (χ0n) is 8.34. The van der Waals surface area contributed by atoms with E-state index in [9.17, 15) is 0 Å². The molecular weight excluding hydrogens is 162 g/mol. The van der Waals surface area contributed by atoms with Crippen LogP contribution in [0.5, 0.6) is 5.75 Å². The van der Waals surface area contributed by atoms with Crippen LogP contribution in [0.4, 0.5) is 0 Å². The number of nitrogens with one attached hydrogen (secondary N) is 1. The molecule has 2 nitrogen and oxygen atoms in total. The Morgan fingerprint density at radius 1 is 1.23 bits per heavy atom. The molecule has 0 aliphatic rings. The molecule has 0 radical (unpaired) electrons. The van der Waals surface area contributed by atoms with Crippen LogP contribution in [0.1, 0.15) is 18.9 Å². The number of benzene rings is 1. The van der Waals surface area contributed by atoms with Crippen molar-refractivity contribution in [3.8, 4) is 5.75 Å². The minimum atomic E-state index is 0.797. The van der Waals surface area contributed by atoms with Crippen LogP contribution in [-0.4, -0.2) is 13.7 Å². The lowest BCUT2D eigenvalue weighted by Gasteiger charge is -2.05. The normalized spacial score (nSPS) is 10.0. The molecule has 1 N–H and O–H groups in total. The maximum absolute atomic E-state index is 5.47. The van der Waals surface area contributed by atoms with Crippen molar-refractivity contribution in [3.63, 3.8) is 0 Å². The third-order valence-electron chi connectivity index (χ3n) is 1.78. The van der Waals surface area contributed by atoms with Gasteiger partial charge in [0.1, 0.15) is 5.75 Å².